The van der Waals surface area contributed by atoms with Gasteiger partial charge in [0.1, 0.15) is 5.58 Å². The molecule has 154 valence electrons. The quantitative estimate of drug-likeness (QED) is 0.345. The van der Waals surface area contributed by atoms with E-state index in [-0.39, 0.29) is 5.91 Å². The second-order valence-electron chi connectivity index (χ2n) is 7.43. The third-order valence-electron chi connectivity index (χ3n) is 5.34. The van der Waals surface area contributed by atoms with E-state index in [2.05, 4.69) is 5.32 Å². The van der Waals surface area contributed by atoms with Gasteiger partial charge in [0.05, 0.1) is 5.56 Å². The van der Waals surface area contributed by atoms with Crippen LogP contribution in [-0.2, 0) is 0 Å². The maximum atomic E-state index is 13.1. The van der Waals surface area contributed by atoms with Crippen LogP contribution < -0.4 is 10.9 Å². The molecular weight excluding hydrogens is 398 g/mol. The number of anilines is 1. The van der Waals surface area contributed by atoms with Crippen molar-refractivity contribution >= 4 is 22.6 Å². The Hall–Kier alpha value is -4.44. The molecule has 5 rings (SSSR count). The minimum Gasteiger partial charge on any atom is -0.422 e. The maximum Gasteiger partial charge on any atom is 0.344 e. The SMILES string of the molecule is O=C(Nc1ccccc1-c1ccccc1)c1cccc(-c2cc3ccccc3oc2=O)c1. The molecule has 0 aliphatic heterocycles. The summed E-state index contributed by atoms with van der Waals surface area (Å²) in [5.74, 6) is -0.250. The first kappa shape index (κ1) is 19.5. The summed E-state index contributed by atoms with van der Waals surface area (Å²) in [4.78, 5) is 25.6. The van der Waals surface area contributed by atoms with Crippen LogP contribution in [0.25, 0.3) is 33.2 Å². The fourth-order valence-electron chi connectivity index (χ4n) is 3.75. The first-order valence-electron chi connectivity index (χ1n) is 10.3. The third kappa shape index (κ3) is 3.82. The number of amides is 1. The Labute approximate surface area is 184 Å². The van der Waals surface area contributed by atoms with Crippen molar-refractivity contribution in [2.45, 2.75) is 0 Å². The van der Waals surface area contributed by atoms with Crippen molar-refractivity contribution in [1.82, 2.24) is 0 Å². The molecule has 1 aromatic heterocycles. The molecule has 0 aliphatic rings. The second-order valence-corrected chi connectivity index (χ2v) is 7.43. The molecule has 4 heteroatoms. The lowest BCUT2D eigenvalue weighted by atomic mass is 10.0. The van der Waals surface area contributed by atoms with Crippen molar-refractivity contribution in [2.24, 2.45) is 0 Å². The lowest BCUT2D eigenvalue weighted by Crippen LogP contribution is -2.13. The number of carbonyl (C=O) groups excluding carboxylic acids is 1. The molecule has 0 spiro atoms. The number of hydrogen-bond acceptors (Lipinski definition) is 3. The molecule has 0 saturated carbocycles. The maximum absolute atomic E-state index is 13.1. The molecule has 5 aromatic rings. The number of carbonyl (C=O) groups is 1. The highest BCUT2D eigenvalue weighted by Gasteiger charge is 2.13. The molecule has 0 saturated heterocycles. The Bertz CT molecular complexity index is 1490. The van der Waals surface area contributed by atoms with Crippen molar-refractivity contribution in [2.75, 3.05) is 5.32 Å². The monoisotopic (exact) mass is 417 g/mol. The zero-order valence-corrected chi connectivity index (χ0v) is 17.1. The van der Waals surface area contributed by atoms with Gasteiger partial charge in [-0.2, -0.15) is 0 Å². The minimum atomic E-state index is -0.435. The van der Waals surface area contributed by atoms with Gasteiger partial charge in [0.2, 0.25) is 0 Å². The molecular formula is C28H19NO3. The van der Waals surface area contributed by atoms with Gasteiger partial charge in [-0.15, -0.1) is 0 Å². The van der Waals surface area contributed by atoms with Crippen molar-refractivity contribution < 1.29 is 9.21 Å². The van der Waals surface area contributed by atoms with Crippen LogP contribution in [0.4, 0.5) is 5.69 Å². The standard InChI is InChI=1S/C28H19NO3/c30-27(29-25-15-6-5-14-23(25)19-9-2-1-3-10-19)22-13-8-12-20(17-22)24-18-21-11-4-7-16-26(21)32-28(24)31/h1-18H,(H,29,30). The molecule has 0 radical (unpaired) electrons. The lowest BCUT2D eigenvalue weighted by molar-refractivity contribution is 0.102. The van der Waals surface area contributed by atoms with Gasteiger partial charge in [-0.25, -0.2) is 4.79 Å². The van der Waals surface area contributed by atoms with Crippen LogP contribution in [0.3, 0.4) is 0 Å². The number of benzene rings is 4. The largest absolute Gasteiger partial charge is 0.422 e. The van der Waals surface area contributed by atoms with Crippen LogP contribution in [0, 0.1) is 0 Å². The highest BCUT2D eigenvalue weighted by molar-refractivity contribution is 6.07. The van der Waals surface area contributed by atoms with E-state index in [0.717, 1.165) is 22.2 Å². The fourth-order valence-corrected chi connectivity index (χ4v) is 3.75. The van der Waals surface area contributed by atoms with Crippen molar-refractivity contribution in [1.29, 1.82) is 0 Å². The summed E-state index contributed by atoms with van der Waals surface area (Å²) in [6.07, 6.45) is 0. The third-order valence-corrected chi connectivity index (χ3v) is 5.34. The average Bonchev–Trinajstić information content (AvgIpc) is 2.84. The molecule has 4 nitrogen and oxygen atoms in total. The molecule has 0 bridgehead atoms. The summed E-state index contributed by atoms with van der Waals surface area (Å²) in [6, 6.07) is 33.7. The average molecular weight is 417 g/mol. The lowest BCUT2D eigenvalue weighted by Gasteiger charge is -2.12. The van der Waals surface area contributed by atoms with E-state index in [0.29, 0.717) is 22.3 Å². The number of para-hydroxylation sites is 2. The molecule has 1 amide bonds. The Balaban J connectivity index is 1.48. The number of nitrogens with one attached hydrogen (secondary N) is 1. The Kier molecular flexibility index (Phi) is 5.10. The van der Waals surface area contributed by atoms with Crippen LogP contribution >= 0.6 is 0 Å². The van der Waals surface area contributed by atoms with Crippen LogP contribution in [0.5, 0.6) is 0 Å². The highest BCUT2D eigenvalue weighted by Crippen LogP contribution is 2.28. The van der Waals surface area contributed by atoms with Crippen LogP contribution in [-0.4, -0.2) is 5.91 Å². The van der Waals surface area contributed by atoms with Crippen LogP contribution in [0.15, 0.2) is 118 Å². The minimum absolute atomic E-state index is 0.250. The number of hydrogen-bond donors (Lipinski definition) is 1. The van der Waals surface area contributed by atoms with Gasteiger partial charge >= 0.3 is 5.63 Å². The van der Waals surface area contributed by atoms with Gasteiger partial charge in [-0.3, -0.25) is 4.79 Å². The molecule has 1 heterocycles. The molecule has 0 atom stereocenters. The van der Waals surface area contributed by atoms with E-state index >= 15 is 0 Å². The predicted molar refractivity (Wildman–Crippen MR) is 128 cm³/mol. The molecule has 32 heavy (non-hydrogen) atoms. The molecule has 0 fully saturated rings. The summed E-state index contributed by atoms with van der Waals surface area (Å²) in [5.41, 5.74) is 4.29. The van der Waals surface area contributed by atoms with E-state index in [1.54, 1.807) is 36.4 Å². The van der Waals surface area contributed by atoms with Gasteiger partial charge < -0.3 is 9.73 Å². The van der Waals surface area contributed by atoms with Crippen molar-refractivity contribution in [3.63, 3.8) is 0 Å². The van der Waals surface area contributed by atoms with Crippen molar-refractivity contribution in [3.8, 4) is 22.3 Å². The molecule has 0 aliphatic carbocycles. The summed E-state index contributed by atoms with van der Waals surface area (Å²) < 4.78 is 5.45. The topological polar surface area (TPSA) is 59.3 Å². The van der Waals surface area contributed by atoms with Gasteiger partial charge in [0, 0.05) is 22.2 Å². The van der Waals surface area contributed by atoms with Gasteiger partial charge in [-0.05, 0) is 41.5 Å². The van der Waals surface area contributed by atoms with E-state index in [4.69, 9.17) is 4.42 Å². The van der Waals surface area contributed by atoms with Crippen molar-refractivity contribution in [3.05, 3.63) is 125 Å². The number of fused-ring (bicyclic) bond motifs is 1. The highest BCUT2D eigenvalue weighted by atomic mass is 16.4. The smallest absolute Gasteiger partial charge is 0.344 e. The fraction of sp³-hybridized carbons (Fsp3) is 0. The predicted octanol–water partition coefficient (Wildman–Crippen LogP) is 6.38. The summed E-state index contributed by atoms with van der Waals surface area (Å²) in [7, 11) is 0. The molecule has 0 unspecified atom stereocenters. The normalized spacial score (nSPS) is 10.8. The van der Waals surface area contributed by atoms with Gasteiger partial charge in [-0.1, -0.05) is 78.9 Å². The Morgan fingerprint density at radius 2 is 1.38 bits per heavy atom. The van der Waals surface area contributed by atoms with Crippen LogP contribution in [0.2, 0.25) is 0 Å². The summed E-state index contributed by atoms with van der Waals surface area (Å²) in [5, 5.41) is 3.84. The van der Waals surface area contributed by atoms with Gasteiger partial charge in [0.15, 0.2) is 0 Å². The van der Waals surface area contributed by atoms with E-state index in [1.807, 2.05) is 72.8 Å². The Morgan fingerprint density at radius 1 is 0.656 bits per heavy atom. The van der Waals surface area contributed by atoms with Gasteiger partial charge in [0.25, 0.3) is 5.91 Å². The summed E-state index contributed by atoms with van der Waals surface area (Å²) >= 11 is 0. The first-order chi connectivity index (χ1) is 15.7. The Morgan fingerprint density at radius 3 is 2.25 bits per heavy atom. The summed E-state index contributed by atoms with van der Waals surface area (Å²) in [6.45, 7) is 0. The van der Waals surface area contributed by atoms with E-state index < -0.39 is 5.63 Å². The van der Waals surface area contributed by atoms with Crippen LogP contribution in [0.1, 0.15) is 10.4 Å². The van der Waals surface area contributed by atoms with E-state index in [1.165, 1.54) is 0 Å². The zero-order valence-electron chi connectivity index (χ0n) is 17.1. The zero-order chi connectivity index (χ0) is 21.9. The second kappa shape index (κ2) is 8.36. The van der Waals surface area contributed by atoms with E-state index in [9.17, 15) is 9.59 Å². The molecule has 4 aromatic carbocycles. The number of rotatable bonds is 4. The first-order valence-corrected chi connectivity index (χ1v) is 10.3. The molecule has 1 N–H and O–H groups in total.